The first-order valence-electron chi connectivity index (χ1n) is 5.53. The Morgan fingerprint density at radius 3 is 2.72 bits per heavy atom. The summed E-state index contributed by atoms with van der Waals surface area (Å²) in [6.45, 7) is 4.16. The zero-order valence-corrected chi connectivity index (χ0v) is 10.4. The highest BCUT2D eigenvalue weighted by Gasteiger charge is 2.22. The molecule has 1 amide bonds. The van der Waals surface area contributed by atoms with Gasteiger partial charge in [-0.15, -0.1) is 0 Å². The Labute approximate surface area is 104 Å². The Kier molecular flexibility index (Phi) is 4.43. The van der Waals surface area contributed by atoms with Gasteiger partial charge in [-0.25, -0.2) is 9.78 Å². The van der Waals surface area contributed by atoms with Crippen LogP contribution in [0.1, 0.15) is 41.2 Å². The molecule has 7 heteroatoms. The van der Waals surface area contributed by atoms with E-state index in [0.29, 0.717) is 13.0 Å². The van der Waals surface area contributed by atoms with Gasteiger partial charge in [0.25, 0.3) is 5.91 Å². The first-order valence-corrected chi connectivity index (χ1v) is 5.53. The van der Waals surface area contributed by atoms with Gasteiger partial charge in [0.15, 0.2) is 11.4 Å². The zero-order valence-electron chi connectivity index (χ0n) is 10.4. The summed E-state index contributed by atoms with van der Waals surface area (Å²) in [4.78, 5) is 28.7. The van der Waals surface area contributed by atoms with Crippen LogP contribution in [0.25, 0.3) is 0 Å². The van der Waals surface area contributed by atoms with Crippen molar-refractivity contribution in [1.82, 2.24) is 15.3 Å². The lowest BCUT2D eigenvalue weighted by atomic mass is 9.90. The lowest BCUT2D eigenvalue weighted by molar-refractivity contribution is 0.0684. The Hall–Kier alpha value is -1.89. The molecule has 0 aromatic carbocycles. The van der Waals surface area contributed by atoms with Gasteiger partial charge in [0.2, 0.25) is 0 Å². The monoisotopic (exact) mass is 255 g/mol. The Balaban J connectivity index is 2.66. The molecule has 1 heterocycles. The second kappa shape index (κ2) is 5.63. The molecule has 0 bridgehead atoms. The lowest BCUT2D eigenvalue weighted by Crippen LogP contribution is -2.35. The number of hydrogen-bond donors (Lipinski definition) is 4. The molecule has 0 saturated carbocycles. The highest BCUT2D eigenvalue weighted by Crippen LogP contribution is 2.18. The number of rotatable bonds is 6. The van der Waals surface area contributed by atoms with E-state index in [1.807, 2.05) is 13.8 Å². The summed E-state index contributed by atoms with van der Waals surface area (Å²) >= 11 is 0. The number of amides is 1. The number of imidazole rings is 1. The van der Waals surface area contributed by atoms with Crippen LogP contribution in [0.5, 0.6) is 0 Å². The standard InChI is InChI=1S/C11H17N3O4/c1-11(2,3-4-15)5-12-9(16)7-8(10(17)18)14-6-13-7/h6,15H,3-5H2,1-2H3,(H,12,16)(H,13,14)(H,17,18). The summed E-state index contributed by atoms with van der Waals surface area (Å²) < 4.78 is 0. The molecule has 0 fully saturated rings. The van der Waals surface area contributed by atoms with Crippen LogP contribution in [-0.4, -0.2) is 45.2 Å². The van der Waals surface area contributed by atoms with Gasteiger partial charge in [-0.1, -0.05) is 13.8 Å². The van der Waals surface area contributed by atoms with Crippen LogP contribution in [0.15, 0.2) is 6.33 Å². The number of carboxylic acid groups (broad SMARTS) is 1. The van der Waals surface area contributed by atoms with E-state index in [1.165, 1.54) is 0 Å². The van der Waals surface area contributed by atoms with Crippen molar-refractivity contribution < 1.29 is 19.8 Å². The van der Waals surface area contributed by atoms with Gasteiger partial charge in [-0.05, 0) is 11.8 Å². The molecule has 7 nitrogen and oxygen atoms in total. The van der Waals surface area contributed by atoms with Crippen molar-refractivity contribution in [2.45, 2.75) is 20.3 Å². The van der Waals surface area contributed by atoms with Gasteiger partial charge in [-0.2, -0.15) is 0 Å². The number of carbonyl (C=O) groups is 2. The predicted octanol–water partition coefficient (Wildman–Crippen LogP) is 0.246. The van der Waals surface area contributed by atoms with Gasteiger partial charge in [0.1, 0.15) is 0 Å². The van der Waals surface area contributed by atoms with Crippen molar-refractivity contribution in [3.8, 4) is 0 Å². The third-order valence-corrected chi connectivity index (χ3v) is 2.58. The maximum Gasteiger partial charge on any atom is 0.354 e. The number of aliphatic hydroxyl groups is 1. The summed E-state index contributed by atoms with van der Waals surface area (Å²) in [6, 6.07) is 0. The smallest absolute Gasteiger partial charge is 0.354 e. The molecule has 0 saturated heterocycles. The maximum atomic E-state index is 11.8. The minimum Gasteiger partial charge on any atom is -0.477 e. The van der Waals surface area contributed by atoms with E-state index < -0.39 is 11.9 Å². The molecule has 1 rings (SSSR count). The summed E-state index contributed by atoms with van der Waals surface area (Å²) in [7, 11) is 0. The predicted molar refractivity (Wildman–Crippen MR) is 63.4 cm³/mol. The molecule has 0 aliphatic carbocycles. The van der Waals surface area contributed by atoms with Crippen molar-refractivity contribution in [3.05, 3.63) is 17.7 Å². The molecule has 18 heavy (non-hydrogen) atoms. The molecule has 1 aromatic rings. The van der Waals surface area contributed by atoms with Crippen LogP contribution >= 0.6 is 0 Å². The number of H-pyrrole nitrogens is 1. The van der Waals surface area contributed by atoms with Crippen LogP contribution in [0.3, 0.4) is 0 Å². The van der Waals surface area contributed by atoms with Gasteiger partial charge < -0.3 is 20.5 Å². The van der Waals surface area contributed by atoms with Crippen molar-refractivity contribution in [2.75, 3.05) is 13.2 Å². The average molecular weight is 255 g/mol. The second-order valence-electron chi connectivity index (χ2n) is 4.75. The van der Waals surface area contributed by atoms with Gasteiger partial charge in [-0.3, -0.25) is 4.79 Å². The average Bonchev–Trinajstić information content (AvgIpc) is 2.74. The van der Waals surface area contributed by atoms with E-state index >= 15 is 0 Å². The fourth-order valence-electron chi connectivity index (χ4n) is 1.42. The summed E-state index contributed by atoms with van der Waals surface area (Å²) in [5.41, 5.74) is -0.626. The molecule has 0 spiro atoms. The molecule has 0 aliphatic heterocycles. The molecule has 4 N–H and O–H groups in total. The number of aromatic nitrogens is 2. The van der Waals surface area contributed by atoms with Crippen molar-refractivity contribution >= 4 is 11.9 Å². The summed E-state index contributed by atoms with van der Waals surface area (Å²) in [5, 5.41) is 20.3. The van der Waals surface area contributed by atoms with E-state index in [2.05, 4.69) is 15.3 Å². The third kappa shape index (κ3) is 3.56. The number of carboxylic acids is 1. The van der Waals surface area contributed by atoms with Crippen LogP contribution in [0, 0.1) is 5.41 Å². The van der Waals surface area contributed by atoms with Crippen molar-refractivity contribution in [1.29, 1.82) is 0 Å². The van der Waals surface area contributed by atoms with Crippen molar-refractivity contribution in [3.63, 3.8) is 0 Å². The topological polar surface area (TPSA) is 115 Å². The number of aromatic amines is 1. The largest absolute Gasteiger partial charge is 0.477 e. The summed E-state index contributed by atoms with van der Waals surface area (Å²) in [6.07, 6.45) is 1.71. The fourth-order valence-corrected chi connectivity index (χ4v) is 1.42. The molecule has 100 valence electrons. The fraction of sp³-hybridized carbons (Fsp3) is 0.545. The number of hydrogen-bond acceptors (Lipinski definition) is 4. The first-order chi connectivity index (χ1) is 8.37. The van der Waals surface area contributed by atoms with Crippen LogP contribution in [0.2, 0.25) is 0 Å². The van der Waals surface area contributed by atoms with E-state index in [0.717, 1.165) is 6.33 Å². The Morgan fingerprint density at radius 2 is 2.17 bits per heavy atom. The third-order valence-electron chi connectivity index (χ3n) is 2.58. The van der Waals surface area contributed by atoms with E-state index in [4.69, 9.17) is 10.2 Å². The van der Waals surface area contributed by atoms with Gasteiger partial charge in [0.05, 0.1) is 6.33 Å². The van der Waals surface area contributed by atoms with Crippen LogP contribution in [-0.2, 0) is 0 Å². The van der Waals surface area contributed by atoms with Crippen molar-refractivity contribution in [2.24, 2.45) is 5.41 Å². The molecule has 0 radical (unpaired) electrons. The molecule has 0 atom stereocenters. The minimum absolute atomic E-state index is 0.0334. The van der Waals surface area contributed by atoms with Gasteiger partial charge in [0, 0.05) is 13.2 Å². The molecule has 1 aromatic heterocycles. The molecular weight excluding hydrogens is 238 g/mol. The number of aliphatic hydroxyl groups excluding tert-OH is 1. The molecular formula is C11H17N3O4. The van der Waals surface area contributed by atoms with E-state index in [9.17, 15) is 9.59 Å². The zero-order chi connectivity index (χ0) is 13.8. The minimum atomic E-state index is -1.23. The number of nitrogens with one attached hydrogen (secondary N) is 2. The van der Waals surface area contributed by atoms with Gasteiger partial charge >= 0.3 is 5.97 Å². The maximum absolute atomic E-state index is 11.8. The van der Waals surface area contributed by atoms with Crippen LogP contribution < -0.4 is 5.32 Å². The quantitative estimate of drug-likeness (QED) is 0.581. The summed E-state index contributed by atoms with van der Waals surface area (Å²) in [5.74, 6) is -1.77. The lowest BCUT2D eigenvalue weighted by Gasteiger charge is -2.23. The number of nitrogens with zero attached hydrogens (tertiary/aromatic N) is 1. The Bertz CT molecular complexity index is 439. The normalized spacial score (nSPS) is 11.3. The van der Waals surface area contributed by atoms with Crippen LogP contribution in [0.4, 0.5) is 0 Å². The molecule has 0 aliphatic rings. The van der Waals surface area contributed by atoms with E-state index in [1.54, 1.807) is 0 Å². The SMILES string of the molecule is CC(C)(CCO)CNC(=O)c1nc[nH]c1C(=O)O. The Morgan fingerprint density at radius 1 is 1.50 bits per heavy atom. The molecule has 0 unspecified atom stereocenters. The van der Waals surface area contributed by atoms with E-state index in [-0.39, 0.29) is 23.4 Å². The highest BCUT2D eigenvalue weighted by atomic mass is 16.4. The number of carbonyl (C=O) groups excluding carboxylic acids is 1. The highest BCUT2D eigenvalue weighted by molar-refractivity contribution is 6.02. The first kappa shape index (κ1) is 14.2. The second-order valence-corrected chi connectivity index (χ2v) is 4.75. The number of aromatic carboxylic acids is 1.